The Bertz CT molecular complexity index is 1110. The molecule has 32 heavy (non-hydrogen) atoms. The van der Waals surface area contributed by atoms with E-state index in [4.69, 9.17) is 10.5 Å². The van der Waals surface area contributed by atoms with Gasteiger partial charge in [0.05, 0.1) is 17.3 Å². The highest BCUT2D eigenvalue weighted by molar-refractivity contribution is 6.04. The van der Waals surface area contributed by atoms with Crippen molar-refractivity contribution in [2.75, 3.05) is 23.3 Å². The van der Waals surface area contributed by atoms with Crippen molar-refractivity contribution in [2.24, 2.45) is 11.7 Å². The lowest BCUT2D eigenvalue weighted by Gasteiger charge is -2.34. The van der Waals surface area contributed by atoms with Crippen LogP contribution in [-0.4, -0.2) is 34.9 Å². The molecule has 3 N–H and O–H groups in total. The molecule has 0 aliphatic carbocycles. The van der Waals surface area contributed by atoms with Crippen molar-refractivity contribution in [1.82, 2.24) is 9.97 Å². The molecule has 1 aliphatic heterocycles. The molecule has 2 amide bonds. The van der Waals surface area contributed by atoms with Crippen molar-refractivity contribution in [3.8, 4) is 11.5 Å². The van der Waals surface area contributed by atoms with Crippen LogP contribution in [0.5, 0.6) is 11.5 Å². The summed E-state index contributed by atoms with van der Waals surface area (Å²) < 4.78 is 19.1. The van der Waals surface area contributed by atoms with E-state index in [1.54, 1.807) is 18.2 Å². The summed E-state index contributed by atoms with van der Waals surface area (Å²) in [6, 6.07) is 12.4. The van der Waals surface area contributed by atoms with Crippen LogP contribution in [0.25, 0.3) is 0 Å². The fourth-order valence-electron chi connectivity index (χ4n) is 3.62. The van der Waals surface area contributed by atoms with Crippen molar-refractivity contribution >= 4 is 23.2 Å². The summed E-state index contributed by atoms with van der Waals surface area (Å²) in [4.78, 5) is 34.2. The number of benzene rings is 2. The lowest BCUT2D eigenvalue weighted by molar-refractivity contribution is -0.122. The van der Waals surface area contributed by atoms with Crippen LogP contribution in [0.4, 0.5) is 15.8 Å². The second-order valence-electron chi connectivity index (χ2n) is 7.47. The minimum atomic E-state index is -0.385. The van der Waals surface area contributed by atoms with Crippen molar-refractivity contribution < 1.29 is 18.7 Å². The second-order valence-corrected chi connectivity index (χ2v) is 7.47. The average Bonchev–Trinajstić information content (AvgIpc) is 2.82. The molecule has 2 heterocycles. The summed E-state index contributed by atoms with van der Waals surface area (Å²) >= 11 is 0. The number of halogens is 1. The Labute approximate surface area is 184 Å². The average molecular weight is 435 g/mol. The molecule has 0 radical (unpaired) electrons. The maximum absolute atomic E-state index is 13.2. The van der Waals surface area contributed by atoms with Gasteiger partial charge in [0.25, 0.3) is 5.91 Å². The fraction of sp³-hybridized carbons (Fsp3) is 0.217. The normalized spacial score (nSPS) is 15.8. The first-order valence-electron chi connectivity index (χ1n) is 10.2. The Morgan fingerprint density at radius 2 is 1.91 bits per heavy atom. The van der Waals surface area contributed by atoms with Gasteiger partial charge in [-0.3, -0.25) is 9.59 Å². The van der Waals surface area contributed by atoms with Crippen LogP contribution >= 0.6 is 0 Å². The molecule has 1 unspecified atom stereocenters. The van der Waals surface area contributed by atoms with Crippen molar-refractivity contribution in [1.29, 1.82) is 0 Å². The van der Waals surface area contributed by atoms with Crippen LogP contribution in [0.3, 0.4) is 0 Å². The zero-order chi connectivity index (χ0) is 22.5. The Balaban J connectivity index is 1.64. The van der Waals surface area contributed by atoms with E-state index in [1.807, 2.05) is 4.90 Å². The third-order valence-electron chi connectivity index (χ3n) is 5.25. The number of rotatable bonds is 6. The number of nitrogens with two attached hydrogens (primary N) is 1. The quantitative estimate of drug-likeness (QED) is 0.614. The molecular weight excluding hydrogens is 413 g/mol. The van der Waals surface area contributed by atoms with Crippen LogP contribution in [0.2, 0.25) is 0 Å². The first-order chi connectivity index (χ1) is 15.5. The number of carbonyl (C=O) groups excluding carboxylic acids is 2. The molecule has 0 saturated carbocycles. The third-order valence-corrected chi connectivity index (χ3v) is 5.25. The molecule has 164 valence electrons. The predicted octanol–water partition coefficient (Wildman–Crippen LogP) is 3.36. The largest absolute Gasteiger partial charge is 0.457 e. The highest BCUT2D eigenvalue weighted by Crippen LogP contribution is 2.35. The molecule has 0 spiro atoms. The SMILES string of the molecule is NC(=O)C1CCCN(c2cc(Oc3ccc(F)cc3)ccc2NC(=O)c2ccncn2)C1. The van der Waals surface area contributed by atoms with Crippen LogP contribution in [0.1, 0.15) is 23.3 Å². The van der Waals surface area contributed by atoms with Gasteiger partial charge in [-0.1, -0.05) is 0 Å². The Kier molecular flexibility index (Phi) is 6.25. The van der Waals surface area contributed by atoms with Crippen LogP contribution in [0, 0.1) is 11.7 Å². The number of aromatic nitrogens is 2. The molecule has 1 aromatic heterocycles. The van der Waals surface area contributed by atoms with Gasteiger partial charge in [-0.05, 0) is 55.3 Å². The van der Waals surface area contributed by atoms with Gasteiger partial charge >= 0.3 is 0 Å². The molecule has 3 aromatic rings. The van der Waals surface area contributed by atoms with Crippen molar-refractivity contribution in [3.63, 3.8) is 0 Å². The van der Waals surface area contributed by atoms with Crippen LogP contribution < -0.4 is 20.7 Å². The number of piperidine rings is 1. The Morgan fingerprint density at radius 1 is 1.12 bits per heavy atom. The molecule has 1 aliphatic rings. The molecule has 0 bridgehead atoms. The van der Waals surface area contributed by atoms with Gasteiger partial charge in [0.15, 0.2) is 0 Å². The summed E-state index contributed by atoms with van der Waals surface area (Å²) in [6.45, 7) is 1.13. The summed E-state index contributed by atoms with van der Waals surface area (Å²) in [5, 5.41) is 2.87. The number of primary amides is 1. The van der Waals surface area contributed by atoms with Gasteiger partial charge in [-0.2, -0.15) is 0 Å². The number of ether oxygens (including phenoxy) is 1. The molecule has 2 aromatic carbocycles. The highest BCUT2D eigenvalue weighted by atomic mass is 19.1. The van der Waals surface area contributed by atoms with Gasteiger partial charge in [0.2, 0.25) is 5.91 Å². The zero-order valence-corrected chi connectivity index (χ0v) is 17.2. The highest BCUT2D eigenvalue weighted by Gasteiger charge is 2.26. The van der Waals surface area contributed by atoms with E-state index in [0.717, 1.165) is 12.8 Å². The van der Waals surface area contributed by atoms with Gasteiger partial charge < -0.3 is 20.7 Å². The minimum Gasteiger partial charge on any atom is -0.457 e. The molecular formula is C23H22FN5O3. The van der Waals surface area contributed by atoms with E-state index < -0.39 is 0 Å². The standard InChI is InChI=1S/C23H22FN5O3/c24-16-3-5-17(6-4-16)32-18-7-8-19(28-23(31)20-9-10-26-14-27-20)21(12-18)29-11-1-2-15(13-29)22(25)30/h3-10,12,14-15H,1-2,11,13H2,(H2,25,30)(H,28,31). The zero-order valence-electron chi connectivity index (χ0n) is 17.2. The fourth-order valence-corrected chi connectivity index (χ4v) is 3.62. The lowest BCUT2D eigenvalue weighted by atomic mass is 9.97. The number of hydrogen-bond acceptors (Lipinski definition) is 6. The predicted molar refractivity (Wildman–Crippen MR) is 117 cm³/mol. The lowest BCUT2D eigenvalue weighted by Crippen LogP contribution is -2.41. The van der Waals surface area contributed by atoms with E-state index in [2.05, 4.69) is 15.3 Å². The Hall–Kier alpha value is -4.01. The Morgan fingerprint density at radius 3 is 2.62 bits per heavy atom. The molecule has 1 fully saturated rings. The first kappa shape index (κ1) is 21.2. The number of amides is 2. The maximum Gasteiger partial charge on any atom is 0.274 e. The third kappa shape index (κ3) is 5.00. The maximum atomic E-state index is 13.2. The van der Waals surface area contributed by atoms with Gasteiger partial charge in [-0.25, -0.2) is 14.4 Å². The monoisotopic (exact) mass is 435 g/mol. The summed E-state index contributed by atoms with van der Waals surface area (Å²) in [7, 11) is 0. The molecule has 8 nitrogen and oxygen atoms in total. The molecule has 9 heteroatoms. The van der Waals surface area contributed by atoms with Crippen molar-refractivity contribution in [3.05, 3.63) is 72.6 Å². The number of carbonyl (C=O) groups is 2. The van der Waals surface area contributed by atoms with E-state index in [9.17, 15) is 14.0 Å². The van der Waals surface area contributed by atoms with Crippen molar-refractivity contribution in [2.45, 2.75) is 12.8 Å². The summed E-state index contributed by atoms with van der Waals surface area (Å²) in [5.74, 6) is -0.386. The first-order valence-corrected chi connectivity index (χ1v) is 10.2. The second kappa shape index (κ2) is 9.42. The van der Waals surface area contributed by atoms with E-state index in [-0.39, 0.29) is 29.2 Å². The van der Waals surface area contributed by atoms with E-state index in [1.165, 1.54) is 42.9 Å². The van der Waals surface area contributed by atoms with Gasteiger partial charge in [0, 0.05) is 25.4 Å². The topological polar surface area (TPSA) is 110 Å². The molecule has 4 rings (SSSR count). The number of nitrogens with one attached hydrogen (secondary N) is 1. The van der Waals surface area contributed by atoms with Crippen LogP contribution in [-0.2, 0) is 4.79 Å². The smallest absolute Gasteiger partial charge is 0.274 e. The number of hydrogen-bond donors (Lipinski definition) is 2. The van der Waals surface area contributed by atoms with Crippen LogP contribution in [0.15, 0.2) is 61.1 Å². The molecule has 1 atom stereocenters. The van der Waals surface area contributed by atoms with Gasteiger partial charge in [-0.15, -0.1) is 0 Å². The summed E-state index contributed by atoms with van der Waals surface area (Å²) in [6.07, 6.45) is 4.30. The summed E-state index contributed by atoms with van der Waals surface area (Å²) in [5.41, 5.74) is 7.01. The van der Waals surface area contributed by atoms with E-state index >= 15 is 0 Å². The number of anilines is 2. The minimum absolute atomic E-state index is 0.228. The van der Waals surface area contributed by atoms with Gasteiger partial charge in [0.1, 0.15) is 29.3 Å². The van der Waals surface area contributed by atoms with E-state index in [0.29, 0.717) is 36.0 Å². The number of nitrogens with zero attached hydrogens (tertiary/aromatic N) is 3. The molecule has 1 saturated heterocycles.